The predicted molar refractivity (Wildman–Crippen MR) is 70.4 cm³/mol. The zero-order chi connectivity index (χ0) is 12.7. The fourth-order valence-corrected chi connectivity index (χ4v) is 1.96. The Morgan fingerprint density at radius 1 is 1.35 bits per heavy atom. The molecule has 1 heterocycles. The average Bonchev–Trinajstić information content (AvgIpc) is 2.30. The summed E-state index contributed by atoms with van der Waals surface area (Å²) in [6, 6.07) is 0.528. The minimum Gasteiger partial charge on any atom is -0.379 e. The van der Waals surface area contributed by atoms with E-state index in [4.69, 9.17) is 9.47 Å². The molecule has 0 saturated carbocycles. The van der Waals surface area contributed by atoms with Crippen molar-refractivity contribution < 1.29 is 9.47 Å². The van der Waals surface area contributed by atoms with Crippen molar-refractivity contribution in [1.82, 2.24) is 10.2 Å². The maximum Gasteiger partial charge on any atom is 0.0634 e. The van der Waals surface area contributed by atoms with E-state index in [1.807, 2.05) is 0 Å². The molecule has 0 radical (unpaired) electrons. The van der Waals surface area contributed by atoms with E-state index in [1.165, 1.54) is 0 Å². The van der Waals surface area contributed by atoms with Gasteiger partial charge < -0.3 is 14.8 Å². The Labute approximate surface area is 106 Å². The van der Waals surface area contributed by atoms with Gasteiger partial charge in [0.2, 0.25) is 0 Å². The lowest BCUT2D eigenvalue weighted by atomic mass is 10.1. The van der Waals surface area contributed by atoms with Gasteiger partial charge in [-0.3, -0.25) is 4.90 Å². The molecule has 4 nitrogen and oxygen atoms in total. The Bertz CT molecular complexity index is 204. The summed E-state index contributed by atoms with van der Waals surface area (Å²) in [6.07, 6.45) is 1.04. The van der Waals surface area contributed by atoms with Crippen molar-refractivity contribution in [2.24, 2.45) is 0 Å². The fourth-order valence-electron chi connectivity index (χ4n) is 1.96. The third-order valence-corrected chi connectivity index (χ3v) is 3.41. The Balaban J connectivity index is 2.10. The summed E-state index contributed by atoms with van der Waals surface area (Å²) in [6.45, 7) is 12.5. The molecule has 17 heavy (non-hydrogen) atoms. The van der Waals surface area contributed by atoms with E-state index in [0.29, 0.717) is 6.04 Å². The van der Waals surface area contributed by atoms with Gasteiger partial charge in [-0.25, -0.2) is 0 Å². The van der Waals surface area contributed by atoms with Crippen molar-refractivity contribution in [2.75, 3.05) is 46.5 Å². The van der Waals surface area contributed by atoms with Crippen molar-refractivity contribution >= 4 is 0 Å². The van der Waals surface area contributed by atoms with Crippen molar-refractivity contribution in [1.29, 1.82) is 0 Å². The van der Waals surface area contributed by atoms with E-state index in [2.05, 4.69) is 31.0 Å². The van der Waals surface area contributed by atoms with Gasteiger partial charge in [0.1, 0.15) is 0 Å². The smallest absolute Gasteiger partial charge is 0.0634 e. The summed E-state index contributed by atoms with van der Waals surface area (Å²) in [5, 5.41) is 3.56. The van der Waals surface area contributed by atoms with Crippen LogP contribution in [0.5, 0.6) is 0 Å². The van der Waals surface area contributed by atoms with Crippen LogP contribution in [-0.2, 0) is 9.47 Å². The highest BCUT2D eigenvalue weighted by Crippen LogP contribution is 2.11. The molecule has 0 amide bonds. The Kier molecular flexibility index (Phi) is 6.41. The van der Waals surface area contributed by atoms with Crippen LogP contribution in [0.15, 0.2) is 0 Å². The first-order valence-electron chi connectivity index (χ1n) is 6.62. The maximum atomic E-state index is 5.40. The van der Waals surface area contributed by atoms with E-state index < -0.39 is 0 Å². The molecule has 0 spiro atoms. The second-order valence-electron chi connectivity index (χ2n) is 5.48. The van der Waals surface area contributed by atoms with Crippen LogP contribution in [0.4, 0.5) is 0 Å². The predicted octanol–water partition coefficient (Wildman–Crippen LogP) is 1.11. The number of nitrogens with one attached hydrogen (secondary N) is 1. The third-order valence-electron chi connectivity index (χ3n) is 3.41. The van der Waals surface area contributed by atoms with Gasteiger partial charge in [-0.05, 0) is 33.7 Å². The number of hydrogen-bond donors (Lipinski definition) is 1. The molecule has 1 aliphatic heterocycles. The number of hydrogen-bond acceptors (Lipinski definition) is 4. The number of morpholine rings is 1. The van der Waals surface area contributed by atoms with Crippen LogP contribution >= 0.6 is 0 Å². The molecule has 0 aromatic heterocycles. The summed E-state index contributed by atoms with van der Waals surface area (Å²) in [4.78, 5) is 2.46. The van der Waals surface area contributed by atoms with E-state index in [1.54, 1.807) is 7.11 Å². The SMILES string of the molecule is COC(C)(C)CCNC(C)CN1CCOCC1. The number of nitrogens with zero attached hydrogens (tertiary/aromatic N) is 1. The summed E-state index contributed by atoms with van der Waals surface area (Å²) in [5.74, 6) is 0. The molecule has 0 bridgehead atoms. The fraction of sp³-hybridized carbons (Fsp3) is 1.00. The van der Waals surface area contributed by atoms with Gasteiger partial charge in [0, 0.05) is 32.8 Å². The molecule has 1 fully saturated rings. The Morgan fingerprint density at radius 2 is 2.00 bits per heavy atom. The first-order chi connectivity index (χ1) is 8.03. The van der Waals surface area contributed by atoms with E-state index in [0.717, 1.165) is 45.8 Å². The van der Waals surface area contributed by atoms with Crippen LogP contribution in [0.1, 0.15) is 27.2 Å². The van der Waals surface area contributed by atoms with Crippen LogP contribution in [0, 0.1) is 0 Å². The highest BCUT2D eigenvalue weighted by molar-refractivity contribution is 4.73. The minimum absolute atomic E-state index is 0.0221. The van der Waals surface area contributed by atoms with Gasteiger partial charge in [-0.15, -0.1) is 0 Å². The highest BCUT2D eigenvalue weighted by atomic mass is 16.5. The summed E-state index contributed by atoms with van der Waals surface area (Å²) in [5.41, 5.74) is -0.0221. The lowest BCUT2D eigenvalue weighted by molar-refractivity contribution is 0.0141. The first kappa shape index (κ1) is 14.9. The van der Waals surface area contributed by atoms with E-state index >= 15 is 0 Å². The number of rotatable bonds is 7. The highest BCUT2D eigenvalue weighted by Gasteiger charge is 2.17. The number of methoxy groups -OCH3 is 1. The molecule has 1 aliphatic rings. The lowest BCUT2D eigenvalue weighted by Crippen LogP contribution is -2.45. The van der Waals surface area contributed by atoms with Crippen molar-refractivity contribution in [3.63, 3.8) is 0 Å². The zero-order valence-corrected chi connectivity index (χ0v) is 11.8. The Morgan fingerprint density at radius 3 is 2.59 bits per heavy atom. The minimum atomic E-state index is -0.0221. The topological polar surface area (TPSA) is 33.7 Å². The van der Waals surface area contributed by atoms with Gasteiger partial charge >= 0.3 is 0 Å². The van der Waals surface area contributed by atoms with Gasteiger partial charge in [0.15, 0.2) is 0 Å². The molecule has 1 saturated heterocycles. The van der Waals surface area contributed by atoms with Gasteiger partial charge in [-0.2, -0.15) is 0 Å². The third kappa shape index (κ3) is 6.36. The first-order valence-corrected chi connectivity index (χ1v) is 6.62. The molecule has 1 atom stereocenters. The summed E-state index contributed by atoms with van der Waals surface area (Å²) < 4.78 is 10.7. The van der Waals surface area contributed by atoms with Gasteiger partial charge in [0.25, 0.3) is 0 Å². The van der Waals surface area contributed by atoms with E-state index in [-0.39, 0.29) is 5.60 Å². The second kappa shape index (κ2) is 7.31. The molecule has 0 aromatic rings. The molecule has 4 heteroatoms. The Hall–Kier alpha value is -0.160. The lowest BCUT2D eigenvalue weighted by Gasteiger charge is -2.30. The van der Waals surface area contributed by atoms with Crippen LogP contribution in [0.2, 0.25) is 0 Å². The van der Waals surface area contributed by atoms with Gasteiger partial charge in [-0.1, -0.05) is 0 Å². The zero-order valence-electron chi connectivity index (χ0n) is 11.8. The van der Waals surface area contributed by atoms with Crippen LogP contribution in [0.25, 0.3) is 0 Å². The average molecular weight is 244 g/mol. The van der Waals surface area contributed by atoms with Crippen LogP contribution in [-0.4, -0.2) is 63.0 Å². The molecule has 1 unspecified atom stereocenters. The van der Waals surface area contributed by atoms with E-state index in [9.17, 15) is 0 Å². The molecule has 0 aromatic carbocycles. The maximum absolute atomic E-state index is 5.40. The van der Waals surface area contributed by atoms with Crippen molar-refractivity contribution in [3.8, 4) is 0 Å². The van der Waals surface area contributed by atoms with Crippen molar-refractivity contribution in [3.05, 3.63) is 0 Å². The van der Waals surface area contributed by atoms with Gasteiger partial charge in [0.05, 0.1) is 18.8 Å². The monoisotopic (exact) mass is 244 g/mol. The summed E-state index contributed by atoms with van der Waals surface area (Å²) in [7, 11) is 1.77. The normalized spacial score (nSPS) is 20.5. The molecule has 102 valence electrons. The van der Waals surface area contributed by atoms with Crippen LogP contribution < -0.4 is 5.32 Å². The molecular formula is C13H28N2O2. The van der Waals surface area contributed by atoms with Crippen molar-refractivity contribution in [2.45, 2.75) is 38.8 Å². The quantitative estimate of drug-likeness (QED) is 0.727. The molecule has 1 rings (SSSR count). The second-order valence-corrected chi connectivity index (χ2v) is 5.48. The largest absolute Gasteiger partial charge is 0.379 e. The molecule has 0 aliphatic carbocycles. The standard InChI is InChI=1S/C13H28N2O2/c1-12(11-15-7-9-17-10-8-15)14-6-5-13(2,3)16-4/h12,14H,5-11H2,1-4H3. The molecule has 1 N–H and O–H groups in total. The van der Waals surface area contributed by atoms with Crippen LogP contribution in [0.3, 0.4) is 0 Å². The summed E-state index contributed by atoms with van der Waals surface area (Å²) >= 11 is 0. The molecular weight excluding hydrogens is 216 g/mol. The number of ether oxygens (including phenoxy) is 2.